The zero-order chi connectivity index (χ0) is 50.6. The Hall–Kier alpha value is -7.14. The van der Waals surface area contributed by atoms with E-state index in [9.17, 15) is 33.6 Å². The topological polar surface area (TPSA) is 231 Å². The number of nitrogens with one attached hydrogen (secondary N) is 4. The van der Waals surface area contributed by atoms with Crippen molar-refractivity contribution in [3.05, 3.63) is 150 Å². The summed E-state index contributed by atoms with van der Waals surface area (Å²) in [5.74, 6) is -3.40. The van der Waals surface area contributed by atoms with Gasteiger partial charge in [-0.15, -0.1) is 11.8 Å². The molecule has 4 rings (SSSR count). The third kappa shape index (κ3) is 18.1. The first-order chi connectivity index (χ1) is 32.7. The number of nitrogens with two attached hydrogens (primary N) is 1. The van der Waals surface area contributed by atoms with Crippen molar-refractivity contribution >= 4 is 53.6 Å². The van der Waals surface area contributed by atoms with Gasteiger partial charge >= 0.3 is 24.2 Å². The van der Waals surface area contributed by atoms with Crippen molar-refractivity contribution in [1.82, 2.24) is 21.3 Å². The van der Waals surface area contributed by atoms with E-state index in [1.54, 1.807) is 53.7 Å². The summed E-state index contributed by atoms with van der Waals surface area (Å²) in [4.78, 5) is 91.5. The van der Waals surface area contributed by atoms with Crippen LogP contribution in [-0.4, -0.2) is 90.6 Å². The number of benzene rings is 4. The van der Waals surface area contributed by atoms with E-state index >= 15 is 0 Å². The van der Waals surface area contributed by atoms with Gasteiger partial charge in [-0.25, -0.2) is 19.2 Å². The second-order valence-corrected chi connectivity index (χ2v) is 19.1. The highest BCUT2D eigenvalue weighted by atomic mass is 32.2. The fraction of sp³-hybridized carbons (Fsp3) is 0.365. The molecule has 0 saturated heterocycles. The molecule has 5 amide bonds. The van der Waals surface area contributed by atoms with Crippen LogP contribution >= 0.6 is 11.8 Å². The smallest absolute Gasteiger partial charge is 0.412 e. The third-order valence-corrected chi connectivity index (χ3v) is 11.7. The van der Waals surface area contributed by atoms with Gasteiger partial charge in [0.25, 0.3) is 0 Å². The number of alkyl carbamates (subject to hydrolysis) is 2. The summed E-state index contributed by atoms with van der Waals surface area (Å²) in [6, 6.07) is 33.2. The Morgan fingerprint density at radius 1 is 0.667 bits per heavy atom. The van der Waals surface area contributed by atoms with Crippen LogP contribution in [0.4, 0.5) is 14.4 Å². The van der Waals surface area contributed by atoms with Gasteiger partial charge in [-0.1, -0.05) is 116 Å². The molecule has 368 valence electrons. The fourth-order valence-electron chi connectivity index (χ4n) is 6.96. The van der Waals surface area contributed by atoms with Crippen molar-refractivity contribution in [2.45, 2.75) is 88.8 Å². The van der Waals surface area contributed by atoms with Crippen LogP contribution in [0.3, 0.4) is 0 Å². The Bertz CT molecular complexity index is 2260. The normalized spacial score (nSPS) is 12.7. The maximum absolute atomic E-state index is 14.4. The standard InChI is InChI=1S/C52H63N5O11S/c1-8-30-65-46(61)42(57-49(64)68-51(5,6)7)31-35-24-26-40(27-25-35)66-47(62)54-29-28-41(56-48(63)67-50(2,3)4)43(58)32-36(45(60)55-33-44(53)59)34-69-52(37-18-12-9-13-19-37,38-20-14-10-15-21-38)39-22-16-11-17-23-39/h8-27,36,41-42H,1,28-34H2,2-7H3,(H2,53,59)(H,54,62)(H,55,60)(H,56,63)(H,57,64)/t36-,41-,42-/m0/s1. The van der Waals surface area contributed by atoms with Gasteiger partial charge in [-0.05, 0) is 82.3 Å². The average Bonchev–Trinajstić information content (AvgIpc) is 3.29. The molecule has 0 bridgehead atoms. The summed E-state index contributed by atoms with van der Waals surface area (Å²) < 4.78 is 20.6. The van der Waals surface area contributed by atoms with Gasteiger partial charge in [0.2, 0.25) is 11.8 Å². The number of amides is 5. The SMILES string of the molecule is C=CCOC(=O)[C@H](Cc1ccc(OC(=O)NCC[C@H](NC(=O)OC(C)(C)C)C(=O)C[C@@H](CSC(c2ccccc2)(c2ccccc2)c2ccccc2)C(=O)NCC(N)=O)cc1)NC(=O)OC(C)(C)C. The number of Topliss-reactive ketones (excluding diaryl/α,β-unsaturated/α-hetero) is 1. The Labute approximate surface area is 407 Å². The predicted molar refractivity (Wildman–Crippen MR) is 263 cm³/mol. The van der Waals surface area contributed by atoms with Gasteiger partial charge in [-0.2, -0.15) is 0 Å². The molecule has 0 aliphatic rings. The average molecular weight is 966 g/mol. The highest BCUT2D eigenvalue weighted by Crippen LogP contribution is 2.49. The summed E-state index contributed by atoms with van der Waals surface area (Å²) in [6.45, 7) is 12.9. The molecule has 0 spiro atoms. The van der Waals surface area contributed by atoms with Crippen LogP contribution in [0.15, 0.2) is 128 Å². The molecule has 0 heterocycles. The molecular formula is C52H63N5O11S. The lowest BCUT2D eigenvalue weighted by molar-refractivity contribution is -0.145. The van der Waals surface area contributed by atoms with Crippen molar-refractivity contribution in [2.75, 3.05) is 25.4 Å². The minimum atomic E-state index is -1.24. The van der Waals surface area contributed by atoms with E-state index in [0.717, 1.165) is 16.7 Å². The summed E-state index contributed by atoms with van der Waals surface area (Å²) in [6.07, 6.45) is -1.63. The van der Waals surface area contributed by atoms with E-state index in [-0.39, 0.29) is 43.9 Å². The van der Waals surface area contributed by atoms with E-state index < -0.39 is 82.3 Å². The van der Waals surface area contributed by atoms with Gasteiger partial charge in [0.15, 0.2) is 5.78 Å². The molecule has 4 aromatic carbocycles. The van der Waals surface area contributed by atoms with Crippen LogP contribution in [0, 0.1) is 5.92 Å². The summed E-state index contributed by atoms with van der Waals surface area (Å²) in [5.41, 5.74) is 7.07. The monoisotopic (exact) mass is 965 g/mol. The number of thioether (sulfide) groups is 1. The van der Waals surface area contributed by atoms with Crippen LogP contribution < -0.4 is 31.7 Å². The molecule has 69 heavy (non-hydrogen) atoms. The van der Waals surface area contributed by atoms with Crippen molar-refractivity contribution < 1.29 is 52.5 Å². The molecule has 0 saturated carbocycles. The van der Waals surface area contributed by atoms with E-state index in [2.05, 4.69) is 27.8 Å². The molecule has 17 heteroatoms. The molecule has 0 aliphatic carbocycles. The fourth-order valence-corrected chi connectivity index (χ4v) is 8.59. The number of hydrogen-bond donors (Lipinski definition) is 5. The number of rotatable bonds is 23. The van der Waals surface area contributed by atoms with Gasteiger partial charge in [0, 0.05) is 25.1 Å². The number of esters is 1. The first-order valence-electron chi connectivity index (χ1n) is 22.4. The maximum atomic E-state index is 14.4. The third-order valence-electron chi connectivity index (χ3n) is 9.97. The van der Waals surface area contributed by atoms with Crippen molar-refractivity contribution in [3.63, 3.8) is 0 Å². The van der Waals surface area contributed by atoms with Crippen molar-refractivity contribution in [1.29, 1.82) is 0 Å². The zero-order valence-corrected chi connectivity index (χ0v) is 40.7. The number of carbonyl (C=O) groups is 7. The second-order valence-electron chi connectivity index (χ2n) is 17.9. The quantitative estimate of drug-likeness (QED) is 0.0217. The Morgan fingerprint density at radius 2 is 1.16 bits per heavy atom. The molecule has 0 aliphatic heterocycles. The van der Waals surface area contributed by atoms with Crippen LogP contribution in [0.1, 0.15) is 76.6 Å². The molecule has 0 radical (unpaired) electrons. The van der Waals surface area contributed by atoms with Crippen LogP contribution in [-0.2, 0) is 44.6 Å². The number of primary amides is 1. The van der Waals surface area contributed by atoms with Gasteiger partial charge < -0.3 is 45.9 Å². The predicted octanol–water partition coefficient (Wildman–Crippen LogP) is 7.13. The largest absolute Gasteiger partial charge is 0.460 e. The van der Waals surface area contributed by atoms with E-state index in [1.165, 1.54) is 30.0 Å². The van der Waals surface area contributed by atoms with Gasteiger partial charge in [-0.3, -0.25) is 14.4 Å². The summed E-state index contributed by atoms with van der Waals surface area (Å²) in [5, 5.41) is 10.3. The molecule has 0 fully saturated rings. The molecular weight excluding hydrogens is 903 g/mol. The molecule has 3 atom stereocenters. The summed E-state index contributed by atoms with van der Waals surface area (Å²) >= 11 is 1.45. The molecule has 0 aromatic heterocycles. The highest BCUT2D eigenvalue weighted by molar-refractivity contribution is 8.00. The number of ketones is 1. The minimum Gasteiger partial charge on any atom is -0.460 e. The van der Waals surface area contributed by atoms with Crippen molar-refractivity contribution in [3.8, 4) is 5.75 Å². The Kier molecular flexibility index (Phi) is 20.4. The molecule has 4 aromatic rings. The number of ether oxygens (including phenoxy) is 4. The van der Waals surface area contributed by atoms with Gasteiger partial charge in [0.1, 0.15) is 29.6 Å². The lowest BCUT2D eigenvalue weighted by Gasteiger charge is -2.36. The molecule has 0 unspecified atom stereocenters. The molecule has 6 N–H and O–H groups in total. The lowest BCUT2D eigenvalue weighted by atomic mass is 9.84. The van der Waals surface area contributed by atoms with E-state index in [4.69, 9.17) is 24.7 Å². The summed E-state index contributed by atoms with van der Waals surface area (Å²) in [7, 11) is 0. The second kappa shape index (κ2) is 25.8. The van der Waals surface area contributed by atoms with Crippen LogP contribution in [0.5, 0.6) is 5.75 Å². The number of carbonyl (C=O) groups excluding carboxylic acids is 7. The van der Waals surface area contributed by atoms with Gasteiger partial charge in [0.05, 0.1) is 23.3 Å². The van der Waals surface area contributed by atoms with E-state index in [0.29, 0.717) is 5.56 Å². The highest BCUT2D eigenvalue weighted by Gasteiger charge is 2.39. The lowest BCUT2D eigenvalue weighted by Crippen LogP contribution is -2.47. The van der Waals surface area contributed by atoms with Crippen molar-refractivity contribution in [2.24, 2.45) is 11.7 Å². The van der Waals surface area contributed by atoms with E-state index in [1.807, 2.05) is 91.0 Å². The van der Waals surface area contributed by atoms with Crippen LogP contribution in [0.25, 0.3) is 0 Å². The number of hydrogen-bond acceptors (Lipinski definition) is 12. The Morgan fingerprint density at radius 3 is 1.62 bits per heavy atom. The zero-order valence-electron chi connectivity index (χ0n) is 39.9. The maximum Gasteiger partial charge on any atom is 0.412 e. The first-order valence-corrected chi connectivity index (χ1v) is 23.4. The minimum absolute atomic E-state index is 0.0298. The van der Waals surface area contributed by atoms with Crippen LogP contribution in [0.2, 0.25) is 0 Å². The molecule has 16 nitrogen and oxygen atoms in total. The Balaban J connectivity index is 1.52. The first kappa shape index (κ1) is 54.5.